The van der Waals surface area contributed by atoms with Crippen molar-refractivity contribution in [1.29, 1.82) is 0 Å². The first-order chi connectivity index (χ1) is 39.5. The average molecular weight is 1130 g/mol. The molecule has 6 aliphatic rings. The lowest BCUT2D eigenvalue weighted by molar-refractivity contribution is -0.123. The summed E-state index contributed by atoms with van der Waals surface area (Å²) >= 11 is 0. The van der Waals surface area contributed by atoms with Crippen LogP contribution in [0.1, 0.15) is 78.7 Å². The Labute approximate surface area is 471 Å². The fraction of sp³-hybridized carbons (Fsp3) is 0.474. The quantitative estimate of drug-likeness (QED) is 0.0432. The summed E-state index contributed by atoms with van der Waals surface area (Å²) in [5.41, 5.74) is 4.91. The molecule has 5 N–H and O–H groups in total. The first-order valence-corrected chi connectivity index (χ1v) is 27.7. The van der Waals surface area contributed by atoms with Gasteiger partial charge in [-0.05, 0) is 164 Å². The molecular formula is C57H66FN11O13. The van der Waals surface area contributed by atoms with Gasteiger partial charge in [0.05, 0.1) is 25.2 Å². The second-order valence-corrected chi connectivity index (χ2v) is 21.3. The zero-order chi connectivity index (χ0) is 57.8. The maximum absolute atomic E-state index is 15.2. The van der Waals surface area contributed by atoms with Gasteiger partial charge in [-0.3, -0.25) is 29.0 Å². The minimum absolute atomic E-state index is 0.0491. The number of nitrogens with one attached hydrogen (secondary N) is 5. The predicted octanol–water partition coefficient (Wildman–Crippen LogP) is 4.52. The molecule has 82 heavy (non-hydrogen) atoms. The molecule has 0 radical (unpaired) electrons. The molecule has 4 aromatic heterocycles. The molecule has 2 fully saturated rings. The minimum Gasteiger partial charge on any atom is -0.480 e. The van der Waals surface area contributed by atoms with Crippen molar-refractivity contribution in [3.63, 3.8) is 0 Å². The van der Waals surface area contributed by atoms with Crippen molar-refractivity contribution in [2.24, 2.45) is 11.8 Å². The number of carbonyl (C=O) groups is 6. The van der Waals surface area contributed by atoms with Crippen LogP contribution in [0.15, 0.2) is 47.5 Å². The Hall–Kier alpha value is -8.45. The van der Waals surface area contributed by atoms with Crippen LogP contribution in [0.25, 0.3) is 10.9 Å². The Kier molecular flexibility index (Phi) is 17.1. The Morgan fingerprint density at radius 2 is 1.37 bits per heavy atom. The van der Waals surface area contributed by atoms with Gasteiger partial charge >= 0.3 is 18.2 Å². The summed E-state index contributed by atoms with van der Waals surface area (Å²) in [4.78, 5) is 102. The fourth-order valence-corrected chi connectivity index (χ4v) is 11.2. The molecule has 2 aliphatic carbocycles. The first kappa shape index (κ1) is 56.8. The normalized spacial score (nSPS) is 19.4. The number of nitrogens with zero attached hydrogens (tertiary/aromatic N) is 6. The summed E-state index contributed by atoms with van der Waals surface area (Å²) < 4.78 is 49.5. The van der Waals surface area contributed by atoms with E-state index in [-0.39, 0.29) is 85.1 Å². The van der Waals surface area contributed by atoms with Crippen molar-refractivity contribution in [3.05, 3.63) is 92.1 Å². The van der Waals surface area contributed by atoms with Gasteiger partial charge in [-0.1, -0.05) is 0 Å². The van der Waals surface area contributed by atoms with E-state index in [9.17, 15) is 33.6 Å². The molecule has 2 saturated heterocycles. The maximum Gasteiger partial charge on any atom is 0.415 e. The van der Waals surface area contributed by atoms with Crippen LogP contribution in [0, 0.1) is 24.6 Å². The molecule has 4 aliphatic heterocycles. The zero-order valence-corrected chi connectivity index (χ0v) is 46.3. The van der Waals surface area contributed by atoms with E-state index in [0.717, 1.165) is 30.5 Å². The number of amides is 5. The van der Waals surface area contributed by atoms with Gasteiger partial charge in [0.1, 0.15) is 35.2 Å². The van der Waals surface area contributed by atoms with Gasteiger partial charge in [0.2, 0.25) is 11.3 Å². The Bertz CT molecular complexity index is 3390. The van der Waals surface area contributed by atoms with Crippen molar-refractivity contribution in [2.45, 2.75) is 97.9 Å². The van der Waals surface area contributed by atoms with Crippen molar-refractivity contribution in [2.75, 3.05) is 86.1 Å². The van der Waals surface area contributed by atoms with Gasteiger partial charge in [-0.15, -0.1) is 0 Å². The summed E-state index contributed by atoms with van der Waals surface area (Å²) in [6.07, 6.45) is 6.00. The van der Waals surface area contributed by atoms with Crippen LogP contribution in [0.5, 0.6) is 17.4 Å². The van der Waals surface area contributed by atoms with E-state index in [4.69, 9.17) is 28.4 Å². The molecule has 1 aromatic carbocycles. The van der Waals surface area contributed by atoms with E-state index < -0.39 is 29.4 Å². The van der Waals surface area contributed by atoms with Gasteiger partial charge in [0, 0.05) is 35.9 Å². The van der Waals surface area contributed by atoms with Gasteiger partial charge in [-0.2, -0.15) is 0 Å². The second kappa shape index (κ2) is 24.7. The van der Waals surface area contributed by atoms with Crippen LogP contribution in [-0.2, 0) is 60.8 Å². The fourth-order valence-electron chi connectivity index (χ4n) is 11.2. The number of hydrogen-bond acceptors (Lipinski definition) is 18. The number of ether oxygens (including phenoxy) is 6. The smallest absolute Gasteiger partial charge is 0.415 e. The summed E-state index contributed by atoms with van der Waals surface area (Å²) in [6, 6.07) is 7.99. The summed E-state index contributed by atoms with van der Waals surface area (Å²) in [5, 5.41) is 15.2. The molecule has 24 nitrogen and oxygen atoms in total. The highest BCUT2D eigenvalue weighted by atomic mass is 19.1. The highest BCUT2D eigenvalue weighted by Crippen LogP contribution is 2.37. The maximum atomic E-state index is 15.2. The van der Waals surface area contributed by atoms with Crippen LogP contribution in [0.3, 0.4) is 0 Å². The predicted molar refractivity (Wildman–Crippen MR) is 296 cm³/mol. The van der Waals surface area contributed by atoms with Crippen molar-refractivity contribution >= 4 is 70.1 Å². The third-order valence-corrected chi connectivity index (χ3v) is 15.0. The summed E-state index contributed by atoms with van der Waals surface area (Å²) in [7, 11) is 0. The third-order valence-electron chi connectivity index (χ3n) is 15.0. The highest BCUT2D eigenvalue weighted by Gasteiger charge is 2.36. The number of anilines is 4. The number of halogens is 1. The number of aromatic nitrogens is 4. The van der Waals surface area contributed by atoms with Gasteiger partial charge in [0.25, 0.3) is 17.7 Å². The monoisotopic (exact) mass is 1130 g/mol. The molecule has 0 bridgehead atoms. The lowest BCUT2D eigenvalue weighted by atomic mass is 10.0. The molecule has 4 unspecified atom stereocenters. The number of cyclic esters (lactones) is 2. The van der Waals surface area contributed by atoms with Crippen LogP contribution < -0.4 is 56.0 Å². The number of fused-ring (bicyclic) bond motifs is 6. The van der Waals surface area contributed by atoms with E-state index in [2.05, 4.69) is 41.5 Å². The largest absolute Gasteiger partial charge is 0.480 e. The minimum atomic E-state index is -0.710. The molecule has 4 atom stereocenters. The lowest BCUT2D eigenvalue weighted by Crippen LogP contribution is -2.34. The van der Waals surface area contributed by atoms with Crippen LogP contribution in [-0.4, -0.2) is 139 Å². The first-order valence-electron chi connectivity index (χ1n) is 27.7. The number of pyridine rings is 4. The zero-order valence-electron chi connectivity index (χ0n) is 46.3. The topological polar surface area (TPSA) is 285 Å². The van der Waals surface area contributed by atoms with E-state index in [1.165, 1.54) is 33.2 Å². The third kappa shape index (κ3) is 12.5. The van der Waals surface area contributed by atoms with Crippen molar-refractivity contribution < 1.29 is 61.6 Å². The van der Waals surface area contributed by atoms with E-state index in [1.54, 1.807) is 31.2 Å². The molecule has 5 aromatic rings. The lowest BCUT2D eigenvalue weighted by Gasteiger charge is -2.19. The van der Waals surface area contributed by atoms with Crippen molar-refractivity contribution in [3.8, 4) is 17.4 Å². The van der Waals surface area contributed by atoms with Gasteiger partial charge in [0.15, 0.2) is 43.0 Å². The van der Waals surface area contributed by atoms with E-state index in [1.807, 2.05) is 38.5 Å². The van der Waals surface area contributed by atoms with E-state index in [0.29, 0.717) is 117 Å². The molecule has 11 rings (SSSR count). The molecule has 0 saturated carbocycles. The Morgan fingerprint density at radius 1 is 0.793 bits per heavy atom. The Balaban J connectivity index is 0.000000185. The Morgan fingerprint density at radius 3 is 1.94 bits per heavy atom. The number of esters is 1. The number of rotatable bonds is 19. The molecule has 0 spiro atoms. The molecule has 434 valence electrons. The highest BCUT2D eigenvalue weighted by molar-refractivity contribution is 5.97. The average Bonchev–Trinajstić information content (AvgIpc) is 4.32. The number of benzene rings is 1. The number of carbonyl (C=O) groups excluding carboxylic acids is 6. The van der Waals surface area contributed by atoms with Gasteiger partial charge in [-0.25, -0.2) is 33.7 Å². The van der Waals surface area contributed by atoms with Crippen molar-refractivity contribution in [1.82, 2.24) is 35.5 Å². The van der Waals surface area contributed by atoms with Crippen LogP contribution in [0.4, 0.5) is 37.3 Å². The second-order valence-electron chi connectivity index (χ2n) is 21.3. The van der Waals surface area contributed by atoms with Gasteiger partial charge < -0.3 is 59.6 Å². The molecule has 25 heteroatoms. The SMILES string of the molecule is CCOC(=O)c1cn(CC)c2c3c(c(F)cc2c1=O)CC(CNCCC1CN(c2ccc4c(n2)NC(=O)CO4)C(=O)O1)C3.Cc1c(OCC(=O)NC(C)C)ncc2c1CC(CNCCC1CN(c3ccc4c(n3)NC(=O)CO4)C(=O)O1)C2. The van der Waals surface area contributed by atoms with E-state index >= 15 is 4.39 Å². The van der Waals surface area contributed by atoms with Crippen LogP contribution in [0.2, 0.25) is 0 Å². The summed E-state index contributed by atoms with van der Waals surface area (Å²) in [6.45, 7) is 13.3. The summed E-state index contributed by atoms with van der Waals surface area (Å²) in [5.74, 6) is 1.42. The number of aryl methyl sites for hydroxylation is 1. The molecule has 8 heterocycles. The van der Waals surface area contributed by atoms with Crippen LogP contribution >= 0.6 is 0 Å². The number of hydrogen-bond donors (Lipinski definition) is 5. The molecular weight excluding hydrogens is 1070 g/mol. The standard InChI is InChI=1S/C30H32FN5O7.C27H34N6O6/c1-3-35-14-21(29(39)41-4-2)27(38)20-11-22(31)18-9-16(10-19(18)26(20)35)12-32-8-7-17-13-36(30(40)43-17)24-6-5-23-28(33-24)34-25(37)15-42-23;1-15(2)30-23(34)14-38-26-16(3)20-9-17(8-18(20)11-29-26)10-28-7-6-19-12-33(27(36)39-19)22-5-4-21-25(31-22)32-24(35)13-37-21/h5-6,11,14,16-17,32H,3-4,7-10,12-13,15H2,1-2H3,(H,33,34,37);4-5,11,15,17,19,28H,6-10,12-14H2,1-3H3,(H,30,34)(H,31,32,35). The molecule has 5 amide bonds.